The number of hydrogen-bond acceptors (Lipinski definition) is 5. The van der Waals surface area contributed by atoms with Gasteiger partial charge in [0.1, 0.15) is 0 Å². The van der Waals surface area contributed by atoms with E-state index in [0.717, 1.165) is 44.2 Å². The highest BCUT2D eigenvalue weighted by atomic mass is 16.2. The van der Waals surface area contributed by atoms with E-state index in [1.165, 1.54) is 5.56 Å². The number of fused-ring (bicyclic) bond motifs is 1. The Hall–Kier alpha value is -2.47. The fourth-order valence-corrected chi connectivity index (χ4v) is 3.39. The Balaban J connectivity index is 1.82. The molecule has 1 N–H and O–H groups in total. The molecule has 6 heteroatoms. The van der Waals surface area contributed by atoms with E-state index in [0.29, 0.717) is 18.9 Å². The predicted octanol–water partition coefficient (Wildman–Crippen LogP) is 2.86. The van der Waals surface area contributed by atoms with Crippen molar-refractivity contribution < 1.29 is 4.79 Å². The van der Waals surface area contributed by atoms with Crippen LogP contribution >= 0.6 is 0 Å². The maximum atomic E-state index is 12.9. The number of carbonyl (C=O) groups excluding carboxylic acids is 1. The van der Waals surface area contributed by atoms with Crippen LogP contribution in [0.25, 0.3) is 0 Å². The van der Waals surface area contributed by atoms with Crippen LogP contribution in [0, 0.1) is 5.92 Å². The minimum absolute atomic E-state index is 0.194. The molecule has 144 valence electrons. The van der Waals surface area contributed by atoms with Crippen LogP contribution in [-0.2, 0) is 11.3 Å². The predicted molar refractivity (Wildman–Crippen MR) is 109 cm³/mol. The summed E-state index contributed by atoms with van der Waals surface area (Å²) in [5.41, 5.74) is 2.19. The molecule has 0 atom stereocenters. The molecule has 3 rings (SSSR count). The lowest BCUT2D eigenvalue weighted by atomic mass is 10.1. The summed E-state index contributed by atoms with van der Waals surface area (Å²) in [6, 6.07) is 10.0. The molecule has 6 nitrogen and oxygen atoms in total. The number of nitrogens with one attached hydrogen (secondary N) is 1. The molecule has 2 heterocycles. The molecule has 0 saturated heterocycles. The van der Waals surface area contributed by atoms with Gasteiger partial charge in [0, 0.05) is 57.2 Å². The lowest BCUT2D eigenvalue weighted by Gasteiger charge is -2.27. The Morgan fingerprint density at radius 1 is 1.11 bits per heavy atom. The summed E-state index contributed by atoms with van der Waals surface area (Å²) in [5.74, 6) is 1.28. The average Bonchev–Trinajstić information content (AvgIpc) is 2.71. The molecular formula is C21H29N5O. The molecule has 1 amide bonds. The zero-order valence-electron chi connectivity index (χ0n) is 16.3. The number of para-hydroxylation sites is 1. The Morgan fingerprint density at radius 2 is 1.89 bits per heavy atom. The third-order valence-corrected chi connectivity index (χ3v) is 4.69. The van der Waals surface area contributed by atoms with Crippen molar-refractivity contribution in [2.75, 3.05) is 36.0 Å². The van der Waals surface area contributed by atoms with Crippen LogP contribution in [-0.4, -0.2) is 42.1 Å². The summed E-state index contributed by atoms with van der Waals surface area (Å²) in [7, 11) is 0. The van der Waals surface area contributed by atoms with Gasteiger partial charge in [0.15, 0.2) is 0 Å². The summed E-state index contributed by atoms with van der Waals surface area (Å²) in [6.45, 7) is 8.12. The van der Waals surface area contributed by atoms with Crippen LogP contribution < -0.4 is 15.1 Å². The lowest BCUT2D eigenvalue weighted by Crippen LogP contribution is -2.36. The van der Waals surface area contributed by atoms with Gasteiger partial charge in [0.2, 0.25) is 11.9 Å². The quantitative estimate of drug-likeness (QED) is 0.904. The molecule has 1 aromatic heterocycles. The van der Waals surface area contributed by atoms with E-state index in [1.54, 1.807) is 12.4 Å². The van der Waals surface area contributed by atoms with Crippen LogP contribution in [0.3, 0.4) is 0 Å². The minimum atomic E-state index is 0.194. The SMILES string of the molecule is CC(C)CC(=O)N1CCCN(c2ncccn2)CCNCc2ccccc21. The van der Waals surface area contributed by atoms with Gasteiger partial charge in [-0.25, -0.2) is 9.97 Å². The summed E-state index contributed by atoms with van der Waals surface area (Å²) in [5, 5.41) is 3.50. The summed E-state index contributed by atoms with van der Waals surface area (Å²) in [6.07, 6.45) is 4.98. The van der Waals surface area contributed by atoms with E-state index >= 15 is 0 Å². The van der Waals surface area contributed by atoms with Gasteiger partial charge in [-0.1, -0.05) is 32.0 Å². The van der Waals surface area contributed by atoms with Crippen molar-refractivity contribution in [1.29, 1.82) is 0 Å². The third-order valence-electron chi connectivity index (χ3n) is 4.69. The van der Waals surface area contributed by atoms with Gasteiger partial charge in [-0.3, -0.25) is 4.79 Å². The van der Waals surface area contributed by atoms with Crippen molar-refractivity contribution in [3.05, 3.63) is 48.3 Å². The number of aromatic nitrogens is 2. The monoisotopic (exact) mass is 367 g/mol. The Morgan fingerprint density at radius 3 is 2.67 bits per heavy atom. The van der Waals surface area contributed by atoms with Crippen molar-refractivity contribution in [3.63, 3.8) is 0 Å². The first-order chi connectivity index (χ1) is 13.1. The van der Waals surface area contributed by atoms with Gasteiger partial charge in [-0.15, -0.1) is 0 Å². The molecule has 0 saturated carbocycles. The molecule has 1 aromatic carbocycles. The number of amides is 1. The molecule has 0 spiro atoms. The van der Waals surface area contributed by atoms with Crippen LogP contribution in [0.4, 0.5) is 11.6 Å². The van der Waals surface area contributed by atoms with Crippen molar-refractivity contribution in [2.45, 2.75) is 33.2 Å². The van der Waals surface area contributed by atoms with Crippen molar-refractivity contribution in [1.82, 2.24) is 15.3 Å². The molecular weight excluding hydrogens is 338 g/mol. The number of hydrogen-bond donors (Lipinski definition) is 1. The largest absolute Gasteiger partial charge is 0.339 e. The molecule has 0 unspecified atom stereocenters. The highest BCUT2D eigenvalue weighted by Gasteiger charge is 2.20. The van der Waals surface area contributed by atoms with Crippen molar-refractivity contribution >= 4 is 17.5 Å². The number of carbonyl (C=O) groups is 1. The molecule has 0 radical (unpaired) electrons. The molecule has 0 bridgehead atoms. The average molecular weight is 367 g/mol. The molecule has 27 heavy (non-hydrogen) atoms. The minimum Gasteiger partial charge on any atom is -0.339 e. The van der Waals surface area contributed by atoms with E-state index in [1.807, 2.05) is 23.1 Å². The number of benzene rings is 1. The topological polar surface area (TPSA) is 61.4 Å². The maximum absolute atomic E-state index is 12.9. The number of anilines is 2. The van der Waals surface area contributed by atoms with E-state index in [9.17, 15) is 4.79 Å². The second-order valence-corrected chi connectivity index (χ2v) is 7.34. The van der Waals surface area contributed by atoms with Gasteiger partial charge >= 0.3 is 0 Å². The third kappa shape index (κ3) is 5.26. The van der Waals surface area contributed by atoms with Crippen LogP contribution in [0.5, 0.6) is 0 Å². The Labute approximate surface area is 161 Å². The summed E-state index contributed by atoms with van der Waals surface area (Å²) >= 11 is 0. The zero-order valence-corrected chi connectivity index (χ0v) is 16.3. The van der Waals surface area contributed by atoms with Crippen molar-refractivity contribution in [2.24, 2.45) is 5.92 Å². The molecule has 0 aliphatic carbocycles. The van der Waals surface area contributed by atoms with Gasteiger partial charge in [0.05, 0.1) is 0 Å². The highest BCUT2D eigenvalue weighted by molar-refractivity contribution is 5.94. The normalized spacial score (nSPS) is 16.0. The Kier molecular flexibility index (Phi) is 6.76. The van der Waals surface area contributed by atoms with Gasteiger partial charge in [0.25, 0.3) is 0 Å². The molecule has 2 aromatic rings. The Bertz CT molecular complexity index is 734. The smallest absolute Gasteiger partial charge is 0.227 e. The first kappa shape index (κ1) is 19.3. The zero-order chi connectivity index (χ0) is 19.1. The standard InChI is InChI=1S/C21H29N5O/c1-17(2)15-20(27)26-13-6-12-25(21-23-9-5-10-24-21)14-11-22-16-18-7-3-4-8-19(18)26/h3-5,7-10,17,22H,6,11-16H2,1-2H3. The van der Waals surface area contributed by atoms with Crippen LogP contribution in [0.1, 0.15) is 32.3 Å². The molecule has 1 aliphatic heterocycles. The van der Waals surface area contributed by atoms with Crippen LogP contribution in [0.15, 0.2) is 42.7 Å². The fraction of sp³-hybridized carbons (Fsp3) is 0.476. The van der Waals surface area contributed by atoms with E-state index in [4.69, 9.17) is 0 Å². The lowest BCUT2D eigenvalue weighted by molar-refractivity contribution is -0.119. The van der Waals surface area contributed by atoms with Gasteiger partial charge < -0.3 is 15.1 Å². The summed E-state index contributed by atoms with van der Waals surface area (Å²) < 4.78 is 0. The number of nitrogens with zero attached hydrogens (tertiary/aromatic N) is 4. The van der Waals surface area contributed by atoms with Crippen LogP contribution in [0.2, 0.25) is 0 Å². The van der Waals surface area contributed by atoms with Gasteiger partial charge in [-0.05, 0) is 30.0 Å². The number of rotatable bonds is 3. The van der Waals surface area contributed by atoms with E-state index in [2.05, 4.69) is 46.2 Å². The van der Waals surface area contributed by atoms with E-state index < -0.39 is 0 Å². The molecule has 0 fully saturated rings. The summed E-state index contributed by atoms with van der Waals surface area (Å²) in [4.78, 5) is 25.9. The first-order valence-corrected chi connectivity index (χ1v) is 9.76. The maximum Gasteiger partial charge on any atom is 0.227 e. The van der Waals surface area contributed by atoms with Crippen molar-refractivity contribution in [3.8, 4) is 0 Å². The van der Waals surface area contributed by atoms with E-state index in [-0.39, 0.29) is 5.91 Å². The fourth-order valence-electron chi connectivity index (χ4n) is 3.39. The molecule has 1 aliphatic rings. The second-order valence-electron chi connectivity index (χ2n) is 7.34. The first-order valence-electron chi connectivity index (χ1n) is 9.76. The second kappa shape index (κ2) is 9.46. The highest BCUT2D eigenvalue weighted by Crippen LogP contribution is 2.23. The van der Waals surface area contributed by atoms with Gasteiger partial charge in [-0.2, -0.15) is 0 Å².